The van der Waals surface area contributed by atoms with Crippen molar-refractivity contribution in [1.82, 2.24) is 19.5 Å². The van der Waals surface area contributed by atoms with Gasteiger partial charge < -0.3 is 4.74 Å². The third-order valence-electron chi connectivity index (χ3n) is 3.25. The quantitative estimate of drug-likeness (QED) is 0.429. The highest BCUT2D eigenvalue weighted by atomic mass is 16.5. The van der Waals surface area contributed by atoms with Crippen LogP contribution in [0.2, 0.25) is 0 Å². The molecule has 0 radical (unpaired) electrons. The number of nitrogen functional groups attached to an aromatic ring is 1. The second-order valence-corrected chi connectivity index (χ2v) is 4.58. The predicted octanol–water partition coefficient (Wildman–Crippen LogP) is 0.984. The highest BCUT2D eigenvalue weighted by Crippen LogP contribution is 2.29. The fourth-order valence-electron chi connectivity index (χ4n) is 1.94. The van der Waals surface area contributed by atoms with Crippen LogP contribution in [0.4, 0.5) is 5.95 Å². The number of aromatic nitrogens is 4. The minimum absolute atomic E-state index is 0.0427. The van der Waals surface area contributed by atoms with Crippen LogP contribution in [0.25, 0.3) is 16.9 Å². The molecule has 0 saturated heterocycles. The first-order chi connectivity index (χ1) is 11.2. The number of ether oxygens (including phenoxy) is 1. The van der Waals surface area contributed by atoms with E-state index in [1.54, 1.807) is 18.3 Å². The fourth-order valence-corrected chi connectivity index (χ4v) is 1.94. The Balaban J connectivity index is 0.000000213. The summed E-state index contributed by atoms with van der Waals surface area (Å²) in [4.78, 5) is 23.2. The van der Waals surface area contributed by atoms with Crippen molar-refractivity contribution in [2.45, 2.75) is 0 Å². The molecule has 23 heavy (non-hydrogen) atoms. The molecule has 0 atom stereocenters. The third kappa shape index (κ3) is 2.87. The Morgan fingerprint density at radius 1 is 1.13 bits per heavy atom. The molecule has 116 valence electrons. The lowest BCUT2D eigenvalue weighted by molar-refractivity contribution is 0.410. The number of pyridine rings is 1. The molecule has 0 amide bonds. The smallest absolute Gasteiger partial charge is 0.358 e. The van der Waals surface area contributed by atoms with E-state index in [4.69, 9.17) is 10.6 Å². The first kappa shape index (κ1) is 14.7. The Morgan fingerprint density at radius 3 is 2.30 bits per heavy atom. The molecule has 8 heteroatoms. The van der Waals surface area contributed by atoms with Crippen LogP contribution in [0.5, 0.6) is 5.75 Å². The Morgan fingerprint density at radius 2 is 1.83 bits per heavy atom. The monoisotopic (exact) mass is 310 g/mol. The van der Waals surface area contributed by atoms with Gasteiger partial charge in [-0.2, -0.15) is 4.98 Å². The van der Waals surface area contributed by atoms with Crippen LogP contribution in [0, 0.1) is 0 Å². The van der Waals surface area contributed by atoms with Gasteiger partial charge in [0.2, 0.25) is 5.95 Å². The van der Waals surface area contributed by atoms with E-state index in [9.17, 15) is 4.79 Å². The summed E-state index contributed by atoms with van der Waals surface area (Å²) in [5, 5.41) is 0. The van der Waals surface area contributed by atoms with Crippen molar-refractivity contribution < 1.29 is 4.74 Å². The van der Waals surface area contributed by atoms with E-state index in [0.29, 0.717) is 11.6 Å². The summed E-state index contributed by atoms with van der Waals surface area (Å²) in [6, 6.07) is 11.9. The Kier molecular flexibility index (Phi) is 3.98. The number of hydrogen-bond acceptors (Lipinski definition) is 7. The molecule has 2 aliphatic rings. The number of fused-ring (bicyclic) bond motifs is 1. The van der Waals surface area contributed by atoms with Crippen molar-refractivity contribution in [2.75, 3.05) is 12.5 Å². The molecule has 0 saturated carbocycles. The first-order valence-electron chi connectivity index (χ1n) is 6.75. The van der Waals surface area contributed by atoms with Gasteiger partial charge in [-0.15, -0.1) is 0 Å². The lowest BCUT2D eigenvalue weighted by Crippen LogP contribution is -2.25. The van der Waals surface area contributed by atoms with Crippen LogP contribution in [0.15, 0.2) is 53.7 Å². The summed E-state index contributed by atoms with van der Waals surface area (Å²) in [5.74, 6) is 5.92. The molecule has 0 aromatic carbocycles. The summed E-state index contributed by atoms with van der Waals surface area (Å²) in [6.45, 7) is 0. The van der Waals surface area contributed by atoms with E-state index in [-0.39, 0.29) is 5.95 Å². The van der Waals surface area contributed by atoms with Gasteiger partial charge in [-0.05, 0) is 23.3 Å². The molecule has 0 unspecified atom stereocenters. The van der Waals surface area contributed by atoms with Crippen LogP contribution >= 0.6 is 0 Å². The van der Waals surface area contributed by atoms with Gasteiger partial charge in [0.15, 0.2) is 11.6 Å². The van der Waals surface area contributed by atoms with Gasteiger partial charge >= 0.3 is 5.69 Å². The molecule has 0 spiro atoms. The molecule has 2 aromatic heterocycles. The molecule has 0 aliphatic heterocycles. The minimum Gasteiger partial charge on any atom is -0.493 e. The van der Waals surface area contributed by atoms with E-state index >= 15 is 0 Å². The molecule has 8 nitrogen and oxygen atoms in total. The average Bonchev–Trinajstić information content (AvgIpc) is 2.58. The zero-order chi connectivity index (χ0) is 16.2. The summed E-state index contributed by atoms with van der Waals surface area (Å²) in [7, 11) is 1.49. The maximum atomic E-state index is 11.7. The molecule has 4 rings (SSSR count). The molecule has 2 heterocycles. The normalized spacial score (nSPS) is 10.3. The van der Waals surface area contributed by atoms with Crippen molar-refractivity contribution in [3.8, 4) is 22.7 Å². The standard InChI is InChI=1S/C9H10N6O2.C6H4/c1-17-6-3-2-4-11-7(6)15-5-12-8(14-10)13-9(15)16;1-2-6-4-3-5(1)6/h2-5H,10H2,1H3,(H,13,14,16);1-4H. The number of benzene rings is 1. The number of anilines is 1. The lowest BCUT2D eigenvalue weighted by atomic mass is 9.95. The molecule has 0 bridgehead atoms. The number of nitrogens with two attached hydrogens (primary N) is 1. The van der Waals surface area contributed by atoms with Crippen molar-refractivity contribution in [1.29, 1.82) is 0 Å². The molecular weight excluding hydrogens is 296 g/mol. The summed E-state index contributed by atoms with van der Waals surface area (Å²) in [5.41, 5.74) is 4.49. The first-order valence-corrected chi connectivity index (χ1v) is 6.75. The van der Waals surface area contributed by atoms with Crippen LogP contribution in [-0.4, -0.2) is 26.6 Å². The van der Waals surface area contributed by atoms with Crippen molar-refractivity contribution in [3.05, 3.63) is 59.4 Å². The molecule has 2 aromatic rings. The van der Waals surface area contributed by atoms with Gasteiger partial charge in [-0.3, -0.25) is 5.43 Å². The maximum absolute atomic E-state index is 11.7. The van der Waals surface area contributed by atoms with Crippen LogP contribution < -0.4 is 21.7 Å². The van der Waals surface area contributed by atoms with E-state index in [1.165, 1.54) is 29.1 Å². The van der Waals surface area contributed by atoms with Crippen LogP contribution in [0.3, 0.4) is 0 Å². The highest BCUT2D eigenvalue weighted by molar-refractivity contribution is 5.75. The maximum Gasteiger partial charge on any atom is 0.358 e. The number of rotatable bonds is 3. The number of methoxy groups -OCH3 is 1. The second kappa shape index (κ2) is 6.24. The number of hydrogen-bond donors (Lipinski definition) is 2. The Bertz CT molecular complexity index is 855. The molecule has 2 aliphatic carbocycles. The van der Waals surface area contributed by atoms with Gasteiger partial charge in [-0.25, -0.2) is 25.2 Å². The zero-order valence-electron chi connectivity index (χ0n) is 12.3. The topological polar surface area (TPSA) is 108 Å². The third-order valence-corrected chi connectivity index (χ3v) is 3.25. The van der Waals surface area contributed by atoms with Crippen LogP contribution in [-0.2, 0) is 0 Å². The Labute approximate surface area is 131 Å². The van der Waals surface area contributed by atoms with Gasteiger partial charge in [-0.1, -0.05) is 24.3 Å². The van der Waals surface area contributed by atoms with E-state index < -0.39 is 5.69 Å². The SMILES string of the molecule is COc1cccnc1-n1cnc(NN)nc1=O.c1cc2ccc1-2. The second-order valence-electron chi connectivity index (χ2n) is 4.58. The number of nitrogens with one attached hydrogen (secondary N) is 1. The number of hydrazine groups is 1. The van der Waals surface area contributed by atoms with Crippen molar-refractivity contribution in [3.63, 3.8) is 0 Å². The van der Waals surface area contributed by atoms with Crippen molar-refractivity contribution in [2.24, 2.45) is 5.84 Å². The average molecular weight is 310 g/mol. The van der Waals surface area contributed by atoms with E-state index in [0.717, 1.165) is 0 Å². The molecular formula is C15H14N6O2. The summed E-state index contributed by atoms with van der Waals surface area (Å²) >= 11 is 0. The van der Waals surface area contributed by atoms with Gasteiger partial charge in [0, 0.05) is 6.20 Å². The zero-order valence-corrected chi connectivity index (χ0v) is 12.3. The van der Waals surface area contributed by atoms with E-state index in [1.807, 2.05) is 0 Å². The van der Waals surface area contributed by atoms with Gasteiger partial charge in [0.05, 0.1) is 7.11 Å². The summed E-state index contributed by atoms with van der Waals surface area (Å²) in [6.07, 6.45) is 2.81. The minimum atomic E-state index is -0.551. The summed E-state index contributed by atoms with van der Waals surface area (Å²) < 4.78 is 6.26. The van der Waals surface area contributed by atoms with Crippen LogP contribution in [0.1, 0.15) is 0 Å². The number of nitrogens with zero attached hydrogens (tertiary/aromatic N) is 4. The molecule has 0 fully saturated rings. The van der Waals surface area contributed by atoms with Crippen molar-refractivity contribution >= 4 is 5.95 Å². The predicted molar refractivity (Wildman–Crippen MR) is 85.2 cm³/mol. The van der Waals surface area contributed by atoms with Gasteiger partial charge in [0.1, 0.15) is 6.33 Å². The fraction of sp³-hybridized carbons (Fsp3) is 0.0667. The highest BCUT2D eigenvalue weighted by Gasteiger charge is 2.09. The largest absolute Gasteiger partial charge is 0.493 e. The van der Waals surface area contributed by atoms with Gasteiger partial charge in [0.25, 0.3) is 0 Å². The Hall–Kier alpha value is -3.26. The van der Waals surface area contributed by atoms with E-state index in [2.05, 4.69) is 44.6 Å². The molecule has 3 N–H and O–H groups in total. The lowest BCUT2D eigenvalue weighted by Gasteiger charge is -2.10.